The predicted molar refractivity (Wildman–Crippen MR) is 83.9 cm³/mol. The first-order valence-electron chi connectivity index (χ1n) is 7.66. The fraction of sp³-hybridized carbons (Fsp3) is 0.923. The average molecular weight is 373 g/mol. The van der Waals surface area contributed by atoms with Crippen LogP contribution in [0.2, 0.25) is 0 Å². The maximum Gasteiger partial charge on any atom is 0.469 e. The molecule has 1 aliphatic rings. The monoisotopic (exact) mass is 373 g/mol. The summed E-state index contributed by atoms with van der Waals surface area (Å²) < 4.78 is 24.0. The van der Waals surface area contributed by atoms with Crippen molar-refractivity contribution >= 4 is 13.8 Å². The van der Waals surface area contributed by atoms with E-state index in [0.717, 1.165) is 6.92 Å². The summed E-state index contributed by atoms with van der Waals surface area (Å²) in [4.78, 5) is 30.1. The number of esters is 1. The maximum absolute atomic E-state index is 10.7. The van der Waals surface area contributed by atoms with Gasteiger partial charge in [0.15, 0.2) is 12.4 Å². The number of hydrogen-bond acceptors (Lipinski definition) is 8. The highest BCUT2D eigenvalue weighted by Crippen LogP contribution is 2.37. The van der Waals surface area contributed by atoms with Crippen molar-refractivity contribution in [2.45, 2.75) is 52.3 Å². The first-order valence-corrected chi connectivity index (χ1v) is 9.19. The molecule has 10 nitrogen and oxygen atoms in total. The molecule has 0 aromatic carbocycles. The Morgan fingerprint density at radius 1 is 1.17 bits per heavy atom. The molecule has 24 heavy (non-hydrogen) atoms. The molecular formula is C13H28NO9P. The van der Waals surface area contributed by atoms with Gasteiger partial charge in [0.05, 0.1) is 6.61 Å². The Bertz CT molecular complexity index is 407. The summed E-state index contributed by atoms with van der Waals surface area (Å²) in [5.74, 6) is -0.729. The van der Waals surface area contributed by atoms with E-state index in [0.29, 0.717) is 0 Å². The second-order valence-electron chi connectivity index (χ2n) is 5.04. The van der Waals surface area contributed by atoms with Crippen LogP contribution in [0.25, 0.3) is 0 Å². The predicted octanol–water partition coefficient (Wildman–Crippen LogP) is -0.546. The Morgan fingerprint density at radius 2 is 1.67 bits per heavy atom. The van der Waals surface area contributed by atoms with E-state index in [9.17, 15) is 14.5 Å². The first-order chi connectivity index (χ1) is 11.1. The molecule has 144 valence electrons. The number of hydrogen-bond donors (Lipinski definition) is 4. The number of phosphoric acid groups is 1. The molecule has 4 atom stereocenters. The molecule has 1 rings (SSSR count). The largest absolute Gasteiger partial charge is 0.469 e. The second kappa shape index (κ2) is 11.1. The van der Waals surface area contributed by atoms with Crippen LogP contribution in [0.4, 0.5) is 0 Å². The molecule has 0 saturated carbocycles. The van der Waals surface area contributed by atoms with E-state index < -0.39 is 45.0 Å². The van der Waals surface area contributed by atoms with Crippen LogP contribution in [0.1, 0.15) is 27.7 Å². The van der Waals surface area contributed by atoms with Gasteiger partial charge < -0.3 is 34.4 Å². The Kier molecular flexibility index (Phi) is 10.8. The number of nitrogens with zero attached hydrogens (tertiary/aromatic N) is 1. The minimum Gasteiger partial charge on any atom is -0.457 e. The van der Waals surface area contributed by atoms with Crippen molar-refractivity contribution in [3.63, 3.8) is 0 Å². The molecule has 1 unspecified atom stereocenters. The Balaban J connectivity index is 0.000000640. The minimum atomic E-state index is -4.70. The summed E-state index contributed by atoms with van der Waals surface area (Å²) in [5.41, 5.74) is 0. The second-order valence-corrected chi connectivity index (χ2v) is 6.27. The van der Waals surface area contributed by atoms with E-state index >= 15 is 0 Å². The molecule has 1 saturated heterocycles. The van der Waals surface area contributed by atoms with E-state index in [-0.39, 0.29) is 0 Å². The fourth-order valence-electron chi connectivity index (χ4n) is 2.03. The number of carbonyl (C=O) groups excluding carboxylic acids is 1. The number of carbonyl (C=O) groups is 1. The van der Waals surface area contributed by atoms with Crippen LogP contribution in [-0.4, -0.2) is 81.7 Å². The van der Waals surface area contributed by atoms with Gasteiger partial charge in [0.2, 0.25) is 0 Å². The van der Waals surface area contributed by atoms with Gasteiger partial charge in [0.1, 0.15) is 12.2 Å². The third-order valence-corrected chi connectivity index (χ3v) is 3.85. The van der Waals surface area contributed by atoms with Crippen molar-refractivity contribution < 1.29 is 43.4 Å². The van der Waals surface area contributed by atoms with Crippen LogP contribution < -0.4 is 0 Å². The van der Waals surface area contributed by atoms with Crippen molar-refractivity contribution in [1.82, 2.24) is 4.90 Å². The number of aliphatic hydroxyl groups excluding tert-OH is 2. The number of aliphatic hydroxyl groups is 2. The van der Waals surface area contributed by atoms with E-state index in [4.69, 9.17) is 19.6 Å². The first kappa shape index (κ1) is 23.4. The molecule has 0 aliphatic carbocycles. The molecule has 0 spiro atoms. The molecule has 1 heterocycles. The molecule has 4 N–H and O–H groups in total. The topological polar surface area (TPSA) is 146 Å². The molecule has 0 radical (unpaired) electrons. The summed E-state index contributed by atoms with van der Waals surface area (Å²) in [6.07, 6.45) is -5.50. The van der Waals surface area contributed by atoms with Gasteiger partial charge >= 0.3 is 13.8 Å². The molecule has 11 heteroatoms. The minimum absolute atomic E-state index is 0.629. The highest BCUT2D eigenvalue weighted by atomic mass is 31.2. The van der Waals surface area contributed by atoms with Gasteiger partial charge in [0.25, 0.3) is 0 Å². The van der Waals surface area contributed by atoms with Crippen LogP contribution in [0.3, 0.4) is 0 Å². The molecule has 1 fully saturated rings. The van der Waals surface area contributed by atoms with Crippen LogP contribution >= 0.6 is 7.82 Å². The van der Waals surface area contributed by atoms with Gasteiger partial charge in [-0.1, -0.05) is 20.8 Å². The van der Waals surface area contributed by atoms with Gasteiger partial charge in [-0.15, -0.1) is 0 Å². The van der Waals surface area contributed by atoms with Crippen molar-refractivity contribution in [2.24, 2.45) is 0 Å². The summed E-state index contributed by atoms with van der Waals surface area (Å²) in [5, 5.41) is 18.6. The maximum atomic E-state index is 10.7. The lowest BCUT2D eigenvalue weighted by Crippen LogP contribution is -2.38. The van der Waals surface area contributed by atoms with E-state index in [1.54, 1.807) is 0 Å². The average Bonchev–Trinajstić information content (AvgIpc) is 2.74. The number of rotatable bonds is 7. The van der Waals surface area contributed by atoms with Crippen molar-refractivity contribution in [2.75, 3.05) is 26.2 Å². The zero-order valence-electron chi connectivity index (χ0n) is 14.4. The standard InChI is InChI=1S/C7H13O9P.C6H15N/c1-3(8)15-6-4(2-14-17(11,12)13)16-7(10)5(6)9;1-4-7(5-2)6-3/h4-7,9-10H,2H2,1H3,(H2,11,12,13);4-6H2,1-3H3/t4-,5-,6-,7?;/m1./s1. The number of phosphoric ester groups is 1. The summed E-state index contributed by atoms with van der Waals surface area (Å²) in [6.45, 7) is 10.6. The molecule has 0 amide bonds. The molecular weight excluding hydrogens is 345 g/mol. The zero-order valence-corrected chi connectivity index (χ0v) is 15.3. The van der Waals surface area contributed by atoms with Crippen molar-refractivity contribution in [3.8, 4) is 0 Å². The summed E-state index contributed by atoms with van der Waals surface area (Å²) >= 11 is 0. The quantitative estimate of drug-likeness (QED) is 0.339. The fourth-order valence-corrected chi connectivity index (χ4v) is 2.37. The van der Waals surface area contributed by atoms with E-state index in [2.05, 4.69) is 34.9 Å². The van der Waals surface area contributed by atoms with Crippen LogP contribution in [0.15, 0.2) is 0 Å². The lowest BCUT2D eigenvalue weighted by atomic mass is 10.1. The Labute approximate surface area is 141 Å². The molecule has 0 aromatic heterocycles. The highest BCUT2D eigenvalue weighted by Gasteiger charge is 2.46. The molecule has 0 aromatic rings. The highest BCUT2D eigenvalue weighted by molar-refractivity contribution is 7.46. The van der Waals surface area contributed by atoms with Gasteiger partial charge in [-0.05, 0) is 19.6 Å². The lowest BCUT2D eigenvalue weighted by molar-refractivity contribution is -0.153. The smallest absolute Gasteiger partial charge is 0.457 e. The Morgan fingerprint density at radius 3 is 2.00 bits per heavy atom. The van der Waals surface area contributed by atoms with Crippen molar-refractivity contribution in [3.05, 3.63) is 0 Å². The molecule has 1 aliphatic heterocycles. The van der Waals surface area contributed by atoms with E-state index in [1.807, 2.05) is 0 Å². The van der Waals surface area contributed by atoms with E-state index in [1.165, 1.54) is 19.6 Å². The van der Waals surface area contributed by atoms with Gasteiger partial charge in [0, 0.05) is 6.92 Å². The van der Waals surface area contributed by atoms with Crippen molar-refractivity contribution in [1.29, 1.82) is 0 Å². The third kappa shape index (κ3) is 9.05. The summed E-state index contributed by atoms with van der Waals surface area (Å²) in [6, 6.07) is 0. The third-order valence-electron chi connectivity index (χ3n) is 3.36. The molecule has 0 bridgehead atoms. The van der Waals surface area contributed by atoms with Gasteiger partial charge in [-0.25, -0.2) is 4.57 Å². The van der Waals surface area contributed by atoms with Crippen LogP contribution in [0, 0.1) is 0 Å². The summed E-state index contributed by atoms with van der Waals surface area (Å²) in [7, 11) is -4.70. The lowest BCUT2D eigenvalue weighted by Gasteiger charge is -2.19. The van der Waals surface area contributed by atoms with Gasteiger partial charge in [-0.2, -0.15) is 0 Å². The normalized spacial score (nSPS) is 26.9. The number of ether oxygens (including phenoxy) is 2. The van der Waals surface area contributed by atoms with Crippen LogP contribution in [-0.2, 0) is 23.4 Å². The zero-order chi connectivity index (χ0) is 18.9. The van der Waals surface area contributed by atoms with Gasteiger partial charge in [-0.3, -0.25) is 9.32 Å². The van der Waals surface area contributed by atoms with Crippen LogP contribution in [0.5, 0.6) is 0 Å². The SMILES string of the molecule is CC(=O)O[C@@H]1[C@@H](COP(=O)(O)O)OC(O)[C@@H]1O.CCN(CC)CC. The Hall–Kier alpha value is -0.580.